The smallest absolute Gasteiger partial charge is 0.319 e. The number of anilines is 1. The Morgan fingerprint density at radius 1 is 1.39 bits per heavy atom. The van der Waals surface area contributed by atoms with Crippen LogP contribution in [0.15, 0.2) is 30.5 Å². The molecule has 0 unspecified atom stereocenters. The summed E-state index contributed by atoms with van der Waals surface area (Å²) in [6.45, 7) is 4.23. The molecular formula is C16H21FN4O2. The SMILES string of the molecule is CCOc1ccc(NC(=O)N[C@@H](CC)c2ccnn2C)c(F)c1. The van der Waals surface area contributed by atoms with Crippen molar-refractivity contribution >= 4 is 11.7 Å². The van der Waals surface area contributed by atoms with Gasteiger partial charge in [-0.15, -0.1) is 0 Å². The van der Waals surface area contributed by atoms with Gasteiger partial charge in [-0.05, 0) is 31.5 Å². The number of halogens is 1. The van der Waals surface area contributed by atoms with E-state index in [2.05, 4.69) is 15.7 Å². The predicted octanol–water partition coefficient (Wildman–Crippen LogP) is 3.23. The molecule has 1 aromatic heterocycles. The number of amides is 2. The molecule has 6 nitrogen and oxygen atoms in total. The number of aryl methyl sites for hydroxylation is 1. The van der Waals surface area contributed by atoms with Gasteiger partial charge in [0, 0.05) is 19.3 Å². The molecule has 2 N–H and O–H groups in total. The number of urea groups is 1. The molecule has 1 aromatic carbocycles. The standard InChI is InChI=1S/C16H21FN4O2/c1-4-13(15-8-9-18-21(15)3)19-16(22)20-14-7-6-11(23-5-2)10-12(14)17/h6-10,13H,4-5H2,1-3H3,(H2,19,20,22)/t13-/m0/s1. The van der Waals surface area contributed by atoms with E-state index < -0.39 is 11.8 Å². The number of rotatable bonds is 6. The van der Waals surface area contributed by atoms with Gasteiger partial charge in [-0.1, -0.05) is 6.92 Å². The summed E-state index contributed by atoms with van der Waals surface area (Å²) >= 11 is 0. The molecule has 0 radical (unpaired) electrons. The largest absolute Gasteiger partial charge is 0.494 e. The molecule has 2 amide bonds. The number of hydrogen-bond acceptors (Lipinski definition) is 3. The molecule has 1 heterocycles. The molecule has 0 bridgehead atoms. The topological polar surface area (TPSA) is 68.2 Å². The van der Waals surface area contributed by atoms with Crippen molar-refractivity contribution in [3.8, 4) is 5.75 Å². The van der Waals surface area contributed by atoms with Crippen molar-refractivity contribution in [2.24, 2.45) is 7.05 Å². The lowest BCUT2D eigenvalue weighted by Gasteiger charge is -2.18. The highest BCUT2D eigenvalue weighted by Crippen LogP contribution is 2.21. The monoisotopic (exact) mass is 320 g/mol. The van der Waals surface area contributed by atoms with Crippen LogP contribution in [-0.2, 0) is 7.05 Å². The normalized spacial score (nSPS) is 11.8. The van der Waals surface area contributed by atoms with Crippen LogP contribution in [0.2, 0.25) is 0 Å². The minimum Gasteiger partial charge on any atom is -0.494 e. The highest BCUT2D eigenvalue weighted by Gasteiger charge is 2.16. The Balaban J connectivity index is 2.03. The van der Waals surface area contributed by atoms with Crippen LogP contribution < -0.4 is 15.4 Å². The van der Waals surface area contributed by atoms with Crippen LogP contribution in [0.1, 0.15) is 32.0 Å². The van der Waals surface area contributed by atoms with Crippen molar-refractivity contribution in [1.29, 1.82) is 0 Å². The highest BCUT2D eigenvalue weighted by molar-refractivity contribution is 5.89. The number of carbonyl (C=O) groups is 1. The van der Waals surface area contributed by atoms with Gasteiger partial charge in [0.15, 0.2) is 0 Å². The molecule has 0 saturated carbocycles. The molecule has 7 heteroatoms. The third-order valence-electron chi connectivity index (χ3n) is 3.43. The van der Waals surface area contributed by atoms with E-state index in [4.69, 9.17) is 4.74 Å². The quantitative estimate of drug-likeness (QED) is 0.858. The predicted molar refractivity (Wildman–Crippen MR) is 86.0 cm³/mol. The van der Waals surface area contributed by atoms with Crippen molar-refractivity contribution in [3.05, 3.63) is 42.0 Å². The van der Waals surface area contributed by atoms with Crippen LogP contribution in [0.5, 0.6) is 5.75 Å². The third kappa shape index (κ3) is 4.21. The van der Waals surface area contributed by atoms with Crippen molar-refractivity contribution in [2.75, 3.05) is 11.9 Å². The molecule has 2 aromatic rings. The van der Waals surface area contributed by atoms with Gasteiger partial charge in [0.1, 0.15) is 11.6 Å². The fraction of sp³-hybridized carbons (Fsp3) is 0.375. The molecule has 0 aliphatic heterocycles. The molecular weight excluding hydrogens is 299 g/mol. The summed E-state index contributed by atoms with van der Waals surface area (Å²) in [5, 5.41) is 9.42. The van der Waals surface area contributed by atoms with Gasteiger partial charge in [-0.25, -0.2) is 9.18 Å². The van der Waals surface area contributed by atoms with E-state index in [1.54, 1.807) is 16.9 Å². The second-order valence-corrected chi connectivity index (χ2v) is 5.01. The van der Waals surface area contributed by atoms with Crippen LogP contribution in [-0.4, -0.2) is 22.4 Å². The number of carbonyl (C=O) groups excluding carboxylic acids is 1. The fourth-order valence-electron chi connectivity index (χ4n) is 2.28. The van der Waals surface area contributed by atoms with Gasteiger partial charge in [0.2, 0.25) is 0 Å². The summed E-state index contributed by atoms with van der Waals surface area (Å²) in [4.78, 5) is 12.1. The van der Waals surface area contributed by atoms with E-state index in [-0.39, 0.29) is 11.7 Å². The van der Waals surface area contributed by atoms with Gasteiger partial charge >= 0.3 is 6.03 Å². The molecule has 124 valence electrons. The molecule has 0 aliphatic rings. The molecule has 0 aliphatic carbocycles. The van der Waals surface area contributed by atoms with E-state index in [0.717, 1.165) is 5.69 Å². The van der Waals surface area contributed by atoms with Crippen molar-refractivity contribution in [1.82, 2.24) is 15.1 Å². The van der Waals surface area contributed by atoms with Crippen LogP contribution in [0.25, 0.3) is 0 Å². The van der Waals surface area contributed by atoms with Crippen LogP contribution in [0.4, 0.5) is 14.9 Å². The number of benzene rings is 1. The fourth-order valence-corrected chi connectivity index (χ4v) is 2.28. The first kappa shape index (κ1) is 16.8. The van der Waals surface area contributed by atoms with Gasteiger partial charge in [0.05, 0.1) is 24.0 Å². The van der Waals surface area contributed by atoms with E-state index in [1.807, 2.05) is 27.0 Å². The number of aromatic nitrogens is 2. The van der Waals surface area contributed by atoms with Gasteiger partial charge in [-0.2, -0.15) is 5.10 Å². The molecule has 23 heavy (non-hydrogen) atoms. The average Bonchev–Trinajstić information content (AvgIpc) is 2.94. The number of nitrogens with one attached hydrogen (secondary N) is 2. The van der Waals surface area contributed by atoms with Crippen LogP contribution in [0.3, 0.4) is 0 Å². The maximum atomic E-state index is 14.0. The summed E-state index contributed by atoms with van der Waals surface area (Å²) in [6, 6.07) is 5.50. The lowest BCUT2D eigenvalue weighted by atomic mass is 10.1. The van der Waals surface area contributed by atoms with E-state index in [1.165, 1.54) is 12.1 Å². The first-order valence-corrected chi connectivity index (χ1v) is 7.52. The van der Waals surface area contributed by atoms with Gasteiger partial charge < -0.3 is 15.4 Å². The first-order valence-electron chi connectivity index (χ1n) is 7.52. The Morgan fingerprint density at radius 2 is 2.17 bits per heavy atom. The molecule has 2 rings (SSSR count). The minimum absolute atomic E-state index is 0.103. The van der Waals surface area contributed by atoms with E-state index >= 15 is 0 Å². The second-order valence-electron chi connectivity index (χ2n) is 5.01. The molecule has 1 atom stereocenters. The number of hydrogen-bond donors (Lipinski definition) is 2. The Hall–Kier alpha value is -2.57. The van der Waals surface area contributed by atoms with Gasteiger partial charge in [0.25, 0.3) is 0 Å². The van der Waals surface area contributed by atoms with E-state index in [9.17, 15) is 9.18 Å². The summed E-state index contributed by atoms with van der Waals surface area (Å²) in [6.07, 6.45) is 2.36. The lowest BCUT2D eigenvalue weighted by Crippen LogP contribution is -2.33. The Kier molecular flexibility index (Phi) is 5.56. The third-order valence-corrected chi connectivity index (χ3v) is 3.43. The lowest BCUT2D eigenvalue weighted by molar-refractivity contribution is 0.247. The minimum atomic E-state index is -0.542. The average molecular weight is 320 g/mol. The van der Waals surface area contributed by atoms with Crippen molar-refractivity contribution in [3.63, 3.8) is 0 Å². The summed E-state index contributed by atoms with van der Waals surface area (Å²) in [5.74, 6) is -0.114. The Bertz CT molecular complexity index is 672. The van der Waals surface area contributed by atoms with E-state index in [0.29, 0.717) is 18.8 Å². The van der Waals surface area contributed by atoms with Crippen LogP contribution in [0, 0.1) is 5.82 Å². The first-order chi connectivity index (χ1) is 11.0. The Labute approximate surface area is 134 Å². The summed E-state index contributed by atoms with van der Waals surface area (Å²) in [5.41, 5.74) is 0.987. The zero-order chi connectivity index (χ0) is 16.8. The van der Waals surface area contributed by atoms with Crippen molar-refractivity contribution < 1.29 is 13.9 Å². The molecule has 0 spiro atoms. The maximum Gasteiger partial charge on any atom is 0.319 e. The zero-order valence-corrected chi connectivity index (χ0v) is 13.5. The summed E-state index contributed by atoms with van der Waals surface area (Å²) < 4.78 is 20.9. The zero-order valence-electron chi connectivity index (χ0n) is 13.5. The van der Waals surface area contributed by atoms with Crippen LogP contribution >= 0.6 is 0 Å². The summed E-state index contributed by atoms with van der Waals surface area (Å²) in [7, 11) is 1.81. The maximum absolute atomic E-state index is 14.0. The highest BCUT2D eigenvalue weighted by atomic mass is 19.1. The Morgan fingerprint density at radius 3 is 2.74 bits per heavy atom. The van der Waals surface area contributed by atoms with Crippen molar-refractivity contribution in [2.45, 2.75) is 26.3 Å². The number of ether oxygens (including phenoxy) is 1. The second kappa shape index (κ2) is 7.62. The molecule has 0 fully saturated rings. The number of nitrogens with zero attached hydrogens (tertiary/aromatic N) is 2. The van der Waals surface area contributed by atoms with Gasteiger partial charge in [-0.3, -0.25) is 4.68 Å². The molecule has 0 saturated heterocycles.